The Hall–Kier alpha value is -5.65. The minimum Gasteiger partial charge on any atom is -0.382 e. The molecular formula is C29H26N9O3+. The predicted octanol–water partition coefficient (Wildman–Crippen LogP) is 2.08. The Kier molecular flexibility index (Phi) is 6.34. The zero-order valence-electron chi connectivity index (χ0n) is 22.3. The predicted molar refractivity (Wildman–Crippen MR) is 151 cm³/mol. The molecule has 1 amide bonds. The molecule has 12 heteroatoms. The molecule has 204 valence electrons. The first-order valence-corrected chi connectivity index (χ1v) is 12.9. The maximum Gasteiger partial charge on any atom is 0.362 e. The summed E-state index contributed by atoms with van der Waals surface area (Å²) in [5.41, 5.74) is 8.30. The lowest BCUT2D eigenvalue weighted by molar-refractivity contribution is -0.577. The average Bonchev–Trinajstić information content (AvgIpc) is 3.55. The van der Waals surface area contributed by atoms with Crippen molar-refractivity contribution < 1.29 is 14.1 Å². The number of hydrogen-bond donors (Lipinski definition) is 3. The number of Topliss-reactive ketones (excluding diaryl/α,β-unsaturated/α-hetero) is 1. The molecule has 6 rings (SSSR count). The lowest BCUT2D eigenvalue weighted by atomic mass is 10.0. The number of ketones is 1. The number of H-pyrrole nitrogens is 1. The molecule has 1 unspecified atom stereocenters. The van der Waals surface area contributed by atoms with Gasteiger partial charge < -0.3 is 11.1 Å². The van der Waals surface area contributed by atoms with Gasteiger partial charge >= 0.3 is 5.65 Å². The van der Waals surface area contributed by atoms with Crippen LogP contribution in [-0.2, 0) is 13.5 Å². The first kappa shape index (κ1) is 25.6. The highest BCUT2D eigenvalue weighted by Crippen LogP contribution is 2.22. The van der Waals surface area contributed by atoms with Gasteiger partial charge in [0.2, 0.25) is 0 Å². The van der Waals surface area contributed by atoms with Gasteiger partial charge in [0, 0.05) is 25.7 Å². The summed E-state index contributed by atoms with van der Waals surface area (Å²) < 4.78 is 4.58. The van der Waals surface area contributed by atoms with Crippen molar-refractivity contribution >= 4 is 34.1 Å². The smallest absolute Gasteiger partial charge is 0.362 e. The van der Waals surface area contributed by atoms with E-state index in [1.807, 2.05) is 18.2 Å². The van der Waals surface area contributed by atoms with E-state index in [2.05, 4.69) is 20.5 Å². The normalized spacial score (nSPS) is 12.0. The van der Waals surface area contributed by atoms with Crippen molar-refractivity contribution in [1.29, 1.82) is 0 Å². The zero-order chi connectivity index (χ0) is 28.7. The first-order valence-electron chi connectivity index (χ1n) is 12.9. The van der Waals surface area contributed by atoms with Gasteiger partial charge in [-0.2, -0.15) is 5.10 Å². The van der Waals surface area contributed by atoms with E-state index in [4.69, 9.17) is 10.7 Å². The number of rotatable bonds is 7. The number of aromatic nitrogens is 7. The second kappa shape index (κ2) is 10.2. The highest BCUT2D eigenvalue weighted by atomic mass is 16.2. The van der Waals surface area contributed by atoms with E-state index in [9.17, 15) is 14.4 Å². The molecule has 6 aromatic rings. The Morgan fingerprint density at radius 2 is 1.93 bits per heavy atom. The average molecular weight is 549 g/mol. The van der Waals surface area contributed by atoms with Crippen molar-refractivity contribution in [3.05, 3.63) is 112 Å². The number of anilines is 1. The van der Waals surface area contributed by atoms with Gasteiger partial charge in [-0.3, -0.25) is 23.6 Å². The Balaban J connectivity index is 1.45. The van der Waals surface area contributed by atoms with Gasteiger partial charge in [0.25, 0.3) is 11.5 Å². The molecule has 0 fully saturated rings. The van der Waals surface area contributed by atoms with Gasteiger partial charge in [0.05, 0.1) is 34.4 Å². The maximum absolute atomic E-state index is 14.2. The van der Waals surface area contributed by atoms with E-state index in [-0.39, 0.29) is 29.1 Å². The number of carbonyl (C=O) groups is 2. The minimum atomic E-state index is -0.710. The molecule has 41 heavy (non-hydrogen) atoms. The third-order valence-corrected chi connectivity index (χ3v) is 6.84. The molecule has 0 spiro atoms. The van der Waals surface area contributed by atoms with E-state index in [0.29, 0.717) is 39.2 Å². The largest absolute Gasteiger partial charge is 0.382 e. The fourth-order valence-corrected chi connectivity index (χ4v) is 4.93. The molecule has 1 atom stereocenters. The van der Waals surface area contributed by atoms with Crippen molar-refractivity contribution in [2.45, 2.75) is 19.4 Å². The third kappa shape index (κ3) is 4.61. The minimum absolute atomic E-state index is 0.00485. The van der Waals surface area contributed by atoms with Crippen molar-refractivity contribution in [3.63, 3.8) is 0 Å². The molecule has 0 saturated heterocycles. The van der Waals surface area contributed by atoms with E-state index in [0.717, 1.165) is 0 Å². The van der Waals surface area contributed by atoms with Crippen LogP contribution in [0.4, 0.5) is 5.82 Å². The van der Waals surface area contributed by atoms with E-state index < -0.39 is 11.9 Å². The molecule has 4 heterocycles. The quantitative estimate of drug-likeness (QED) is 0.204. The van der Waals surface area contributed by atoms with Crippen LogP contribution in [0.5, 0.6) is 0 Å². The molecule has 0 aliphatic rings. The number of benzene rings is 2. The number of hydrogen-bond acceptors (Lipinski definition) is 7. The van der Waals surface area contributed by atoms with Crippen LogP contribution in [0.1, 0.15) is 45.1 Å². The van der Waals surface area contributed by atoms with E-state index in [1.54, 1.807) is 78.2 Å². The zero-order valence-corrected chi connectivity index (χ0v) is 22.3. The summed E-state index contributed by atoms with van der Waals surface area (Å²) in [6.45, 7) is 1.74. The van der Waals surface area contributed by atoms with Crippen LogP contribution in [0, 0.1) is 0 Å². The summed E-state index contributed by atoms with van der Waals surface area (Å²) in [6, 6.07) is 15.3. The van der Waals surface area contributed by atoms with Crippen molar-refractivity contribution in [2.24, 2.45) is 7.05 Å². The topological polar surface area (TPSA) is 158 Å². The molecule has 0 radical (unpaired) electrons. The standard InChI is InChI=1S/C29H25N9O3/c1-17(33-28(40)24-25(30)35-37-13-7-12-31-27(24)37)26-34-21-11-6-8-18(14-22(39)19-15-32-36(2)16-19)23(21)29(41)38(26)20-9-4-3-5-10-20/h3-13,15-17H,14H2,1-2H3,(H3,30,33,35,40)/p+1. The number of aryl methyl sites for hydroxylation is 1. The van der Waals surface area contributed by atoms with Gasteiger partial charge in [-0.05, 0) is 35.7 Å². The summed E-state index contributed by atoms with van der Waals surface area (Å²) in [6.07, 6.45) is 6.42. The van der Waals surface area contributed by atoms with Gasteiger partial charge in [0.1, 0.15) is 18.2 Å². The summed E-state index contributed by atoms with van der Waals surface area (Å²) in [5, 5.41) is 10.2. The van der Waals surface area contributed by atoms with E-state index >= 15 is 0 Å². The molecule has 4 aromatic heterocycles. The number of nitrogens with one attached hydrogen (secondary N) is 2. The fourth-order valence-electron chi connectivity index (χ4n) is 4.93. The number of amides is 1. The molecular weight excluding hydrogens is 522 g/mol. The van der Waals surface area contributed by atoms with Crippen LogP contribution in [0.15, 0.2) is 84.2 Å². The summed E-state index contributed by atoms with van der Waals surface area (Å²) in [5.74, 6) is -0.166. The second-order valence-electron chi connectivity index (χ2n) is 9.67. The van der Waals surface area contributed by atoms with Crippen LogP contribution < -0.4 is 21.1 Å². The highest BCUT2D eigenvalue weighted by Gasteiger charge is 2.28. The fraction of sp³-hybridized carbons (Fsp3) is 0.138. The van der Waals surface area contributed by atoms with Crippen LogP contribution in [0.2, 0.25) is 0 Å². The van der Waals surface area contributed by atoms with Gasteiger partial charge in [-0.15, -0.1) is 4.52 Å². The first-order chi connectivity index (χ1) is 19.8. The molecule has 0 aliphatic carbocycles. The number of nitrogens with two attached hydrogens (primary N) is 1. The Bertz CT molecular complexity index is 2010. The lowest BCUT2D eigenvalue weighted by Gasteiger charge is -2.20. The van der Waals surface area contributed by atoms with Crippen LogP contribution in [-0.4, -0.2) is 41.1 Å². The van der Waals surface area contributed by atoms with Crippen molar-refractivity contribution in [1.82, 2.24) is 34.7 Å². The summed E-state index contributed by atoms with van der Waals surface area (Å²) in [4.78, 5) is 49.7. The summed E-state index contributed by atoms with van der Waals surface area (Å²) in [7, 11) is 1.74. The maximum atomic E-state index is 14.2. The highest BCUT2D eigenvalue weighted by molar-refractivity contribution is 6.03. The van der Waals surface area contributed by atoms with Gasteiger partial charge in [0.15, 0.2) is 17.2 Å². The molecule has 4 N–H and O–H groups in total. The lowest BCUT2D eigenvalue weighted by Crippen LogP contribution is -2.34. The number of aromatic amines is 1. The second-order valence-corrected chi connectivity index (χ2v) is 9.67. The van der Waals surface area contributed by atoms with Crippen LogP contribution >= 0.6 is 0 Å². The Morgan fingerprint density at radius 1 is 1.12 bits per heavy atom. The summed E-state index contributed by atoms with van der Waals surface area (Å²) >= 11 is 0. The number of carbonyl (C=O) groups excluding carboxylic acids is 2. The Morgan fingerprint density at radius 3 is 2.68 bits per heavy atom. The molecule has 2 aromatic carbocycles. The molecule has 0 bridgehead atoms. The van der Waals surface area contributed by atoms with Gasteiger partial charge in [-0.1, -0.05) is 30.3 Å². The van der Waals surface area contributed by atoms with Crippen molar-refractivity contribution in [3.8, 4) is 5.69 Å². The van der Waals surface area contributed by atoms with E-state index in [1.165, 1.54) is 10.8 Å². The third-order valence-electron chi connectivity index (χ3n) is 6.84. The number of para-hydroxylation sites is 1. The molecule has 12 nitrogen and oxygen atoms in total. The van der Waals surface area contributed by atoms with Gasteiger partial charge in [-0.25, -0.2) is 10.1 Å². The monoisotopic (exact) mass is 548 g/mol. The SMILES string of the molecule is CC(NC(=O)c1c(N)[nH][n+]2cccnc12)c1nc2cccc(CC(=O)c3cnn(C)c3)c2c(=O)n1-c1ccccc1. The number of nitrogens with zero attached hydrogens (tertiary/aromatic N) is 6. The number of fused-ring (bicyclic) bond motifs is 2. The van der Waals surface area contributed by atoms with Crippen LogP contribution in [0.25, 0.3) is 22.2 Å². The molecule has 0 aliphatic heterocycles. The number of nitrogen functional groups attached to an aromatic ring is 1. The molecule has 0 saturated carbocycles. The van der Waals surface area contributed by atoms with Crippen molar-refractivity contribution in [2.75, 3.05) is 5.73 Å². The van der Waals surface area contributed by atoms with Crippen LogP contribution in [0.3, 0.4) is 0 Å². The Labute approximate surface area is 233 Å².